The maximum absolute atomic E-state index is 6.15. The number of hydrogen-bond acceptors (Lipinski definition) is 2. The fourth-order valence-electron chi connectivity index (χ4n) is 1.99. The van der Waals surface area contributed by atoms with E-state index >= 15 is 0 Å². The molecular formula is C17H19BrO2. The number of alkyl halides is 1. The zero-order valence-corrected chi connectivity index (χ0v) is 13.4. The fraction of sp³-hybridized carbons (Fsp3) is 0.294. The lowest BCUT2D eigenvalue weighted by Gasteiger charge is -2.28. The Morgan fingerprint density at radius 1 is 1.05 bits per heavy atom. The van der Waals surface area contributed by atoms with E-state index in [1.807, 2.05) is 42.5 Å². The molecule has 2 nitrogen and oxygen atoms in total. The predicted octanol–water partition coefficient (Wildman–Crippen LogP) is 4.52. The minimum Gasteiger partial charge on any atom is -0.497 e. The summed E-state index contributed by atoms with van der Waals surface area (Å²) in [6, 6.07) is 18.2. The molecule has 0 aliphatic carbocycles. The minimum absolute atomic E-state index is 0.343. The van der Waals surface area contributed by atoms with Crippen molar-refractivity contribution < 1.29 is 9.47 Å². The largest absolute Gasteiger partial charge is 0.497 e. The third-order valence-corrected chi connectivity index (χ3v) is 4.40. The van der Waals surface area contributed by atoms with Gasteiger partial charge in [-0.05, 0) is 30.2 Å². The molecule has 20 heavy (non-hydrogen) atoms. The van der Waals surface area contributed by atoms with Crippen molar-refractivity contribution in [3.05, 3.63) is 65.7 Å². The van der Waals surface area contributed by atoms with Crippen LogP contribution in [-0.2, 0) is 16.9 Å². The van der Waals surface area contributed by atoms with Gasteiger partial charge in [0.05, 0.1) is 13.7 Å². The molecule has 2 rings (SSSR count). The molecule has 0 radical (unpaired) electrons. The first-order valence-electron chi connectivity index (χ1n) is 6.56. The third kappa shape index (κ3) is 3.62. The summed E-state index contributed by atoms with van der Waals surface area (Å²) >= 11 is 3.56. The molecule has 2 aromatic rings. The number of halogens is 1. The molecule has 0 spiro atoms. The van der Waals surface area contributed by atoms with Crippen LogP contribution in [0, 0.1) is 0 Å². The maximum Gasteiger partial charge on any atom is 0.119 e. The smallest absolute Gasteiger partial charge is 0.119 e. The van der Waals surface area contributed by atoms with E-state index in [4.69, 9.17) is 9.47 Å². The van der Waals surface area contributed by atoms with Crippen molar-refractivity contribution in [2.75, 3.05) is 12.4 Å². The van der Waals surface area contributed by atoms with E-state index in [9.17, 15) is 0 Å². The Balaban J connectivity index is 2.10. The molecule has 0 N–H and O–H groups in total. The van der Waals surface area contributed by atoms with Crippen molar-refractivity contribution in [3.8, 4) is 5.75 Å². The number of hydrogen-bond donors (Lipinski definition) is 0. The molecule has 0 heterocycles. The van der Waals surface area contributed by atoms with Crippen LogP contribution in [0.2, 0.25) is 0 Å². The Bertz CT molecular complexity index is 542. The summed E-state index contributed by atoms with van der Waals surface area (Å²) in [5, 5.41) is 0.744. The molecule has 0 aromatic heterocycles. The first kappa shape index (κ1) is 15.1. The molecule has 2 aromatic carbocycles. The Labute approximate surface area is 128 Å². The Hall–Kier alpha value is -1.32. The molecule has 0 saturated carbocycles. The molecule has 1 unspecified atom stereocenters. The summed E-state index contributed by atoms with van der Waals surface area (Å²) < 4.78 is 11.4. The van der Waals surface area contributed by atoms with Crippen LogP contribution in [0.5, 0.6) is 5.75 Å². The highest BCUT2D eigenvalue weighted by atomic mass is 79.9. The normalized spacial score (nSPS) is 13.8. The highest BCUT2D eigenvalue weighted by Crippen LogP contribution is 2.29. The SMILES string of the molecule is COc1cccc(COC(C)(CBr)c2ccccc2)c1. The molecule has 3 heteroatoms. The van der Waals surface area contributed by atoms with Crippen LogP contribution in [0.15, 0.2) is 54.6 Å². The Morgan fingerprint density at radius 2 is 1.80 bits per heavy atom. The second-order valence-electron chi connectivity index (χ2n) is 4.87. The summed E-state index contributed by atoms with van der Waals surface area (Å²) in [6.07, 6.45) is 0. The van der Waals surface area contributed by atoms with Crippen molar-refractivity contribution in [3.63, 3.8) is 0 Å². The van der Waals surface area contributed by atoms with Crippen LogP contribution in [0.3, 0.4) is 0 Å². The van der Waals surface area contributed by atoms with Gasteiger partial charge in [0.25, 0.3) is 0 Å². The van der Waals surface area contributed by atoms with Gasteiger partial charge in [0.1, 0.15) is 11.4 Å². The van der Waals surface area contributed by atoms with E-state index in [-0.39, 0.29) is 5.60 Å². The van der Waals surface area contributed by atoms with Crippen LogP contribution in [0.4, 0.5) is 0 Å². The standard InChI is InChI=1S/C17H19BrO2/c1-17(13-18,15-8-4-3-5-9-15)20-12-14-7-6-10-16(11-14)19-2/h3-11H,12-13H2,1-2H3. The van der Waals surface area contributed by atoms with Gasteiger partial charge in [-0.1, -0.05) is 58.4 Å². The zero-order chi connectivity index (χ0) is 14.4. The first-order valence-corrected chi connectivity index (χ1v) is 7.68. The van der Waals surface area contributed by atoms with Gasteiger partial charge in [-0.3, -0.25) is 0 Å². The quantitative estimate of drug-likeness (QED) is 0.723. The van der Waals surface area contributed by atoms with Gasteiger partial charge in [-0.2, -0.15) is 0 Å². The molecule has 0 bridgehead atoms. The van der Waals surface area contributed by atoms with Gasteiger partial charge < -0.3 is 9.47 Å². The number of benzene rings is 2. The van der Waals surface area contributed by atoms with Crippen LogP contribution in [0.1, 0.15) is 18.1 Å². The van der Waals surface area contributed by atoms with Crippen molar-refractivity contribution in [1.82, 2.24) is 0 Å². The van der Waals surface area contributed by atoms with E-state index in [0.29, 0.717) is 6.61 Å². The van der Waals surface area contributed by atoms with E-state index < -0.39 is 0 Å². The molecule has 0 saturated heterocycles. The van der Waals surface area contributed by atoms with Crippen molar-refractivity contribution in [2.24, 2.45) is 0 Å². The molecule has 0 aliphatic heterocycles. The van der Waals surface area contributed by atoms with Gasteiger partial charge in [0.15, 0.2) is 0 Å². The summed E-state index contributed by atoms with van der Waals surface area (Å²) in [5.74, 6) is 0.853. The lowest BCUT2D eigenvalue weighted by molar-refractivity contribution is -0.0289. The fourth-order valence-corrected chi connectivity index (χ4v) is 2.48. The first-order chi connectivity index (χ1) is 9.68. The highest BCUT2D eigenvalue weighted by molar-refractivity contribution is 9.09. The summed E-state index contributed by atoms with van der Waals surface area (Å²) in [4.78, 5) is 0. The summed E-state index contributed by atoms with van der Waals surface area (Å²) in [6.45, 7) is 2.64. The average Bonchev–Trinajstić information content (AvgIpc) is 2.53. The van der Waals surface area contributed by atoms with Crippen LogP contribution in [0.25, 0.3) is 0 Å². The van der Waals surface area contributed by atoms with Crippen molar-refractivity contribution in [2.45, 2.75) is 19.1 Å². The number of rotatable bonds is 6. The molecule has 0 fully saturated rings. The second-order valence-corrected chi connectivity index (χ2v) is 5.43. The van der Waals surface area contributed by atoms with Crippen molar-refractivity contribution >= 4 is 15.9 Å². The predicted molar refractivity (Wildman–Crippen MR) is 85.4 cm³/mol. The summed E-state index contributed by atoms with van der Waals surface area (Å²) in [5.41, 5.74) is 1.93. The molecule has 1 atom stereocenters. The second kappa shape index (κ2) is 6.91. The number of ether oxygens (including phenoxy) is 2. The van der Waals surface area contributed by atoms with E-state index in [2.05, 4.69) is 35.0 Å². The molecular weight excluding hydrogens is 316 g/mol. The molecule has 0 aliphatic rings. The van der Waals surface area contributed by atoms with Crippen LogP contribution < -0.4 is 4.74 Å². The molecule has 0 amide bonds. The third-order valence-electron chi connectivity index (χ3n) is 3.33. The number of methoxy groups -OCH3 is 1. The lowest BCUT2D eigenvalue weighted by Crippen LogP contribution is -2.27. The van der Waals surface area contributed by atoms with Crippen LogP contribution in [-0.4, -0.2) is 12.4 Å². The van der Waals surface area contributed by atoms with E-state index in [1.165, 1.54) is 5.56 Å². The Morgan fingerprint density at radius 3 is 2.45 bits per heavy atom. The van der Waals surface area contributed by atoms with Gasteiger partial charge >= 0.3 is 0 Å². The molecule has 106 valence electrons. The summed E-state index contributed by atoms with van der Waals surface area (Å²) in [7, 11) is 1.67. The monoisotopic (exact) mass is 334 g/mol. The van der Waals surface area contributed by atoms with Gasteiger partial charge in [-0.25, -0.2) is 0 Å². The lowest BCUT2D eigenvalue weighted by atomic mass is 9.98. The minimum atomic E-state index is -0.343. The maximum atomic E-state index is 6.15. The van der Waals surface area contributed by atoms with E-state index in [0.717, 1.165) is 16.6 Å². The van der Waals surface area contributed by atoms with Crippen molar-refractivity contribution in [1.29, 1.82) is 0 Å². The van der Waals surface area contributed by atoms with E-state index in [1.54, 1.807) is 7.11 Å². The highest BCUT2D eigenvalue weighted by Gasteiger charge is 2.26. The Kier molecular flexibility index (Phi) is 5.21. The zero-order valence-electron chi connectivity index (χ0n) is 11.8. The average molecular weight is 335 g/mol. The van der Waals surface area contributed by atoms with Gasteiger partial charge in [-0.15, -0.1) is 0 Å². The van der Waals surface area contributed by atoms with Gasteiger partial charge in [0, 0.05) is 5.33 Å². The van der Waals surface area contributed by atoms with Gasteiger partial charge in [0.2, 0.25) is 0 Å². The van der Waals surface area contributed by atoms with Crippen LogP contribution >= 0.6 is 15.9 Å². The topological polar surface area (TPSA) is 18.5 Å².